The van der Waals surface area contributed by atoms with E-state index in [0.29, 0.717) is 18.7 Å². The maximum absolute atomic E-state index is 12.1. The van der Waals surface area contributed by atoms with Crippen molar-refractivity contribution in [1.82, 2.24) is 9.78 Å². The zero-order chi connectivity index (χ0) is 14.4. The summed E-state index contributed by atoms with van der Waals surface area (Å²) in [5.74, 6) is 0. The molecule has 1 heterocycles. The smallest absolute Gasteiger partial charge is 0.435 e. The quantitative estimate of drug-likeness (QED) is 0.532. The van der Waals surface area contributed by atoms with Gasteiger partial charge in [-0.3, -0.25) is 0 Å². The molecule has 0 saturated heterocycles. The van der Waals surface area contributed by atoms with Crippen LogP contribution in [0.2, 0.25) is 5.02 Å². The summed E-state index contributed by atoms with van der Waals surface area (Å²) in [5.41, 5.74) is 0.0969. The van der Waals surface area contributed by atoms with Gasteiger partial charge in [0, 0.05) is 9.86 Å². The van der Waals surface area contributed by atoms with Gasteiger partial charge in [-0.05, 0) is 71.4 Å². The molecule has 0 unspecified atom stereocenters. The summed E-state index contributed by atoms with van der Waals surface area (Å²) in [6.07, 6.45) is -0.505. The van der Waals surface area contributed by atoms with Crippen molar-refractivity contribution >= 4 is 67.1 Å². The highest BCUT2D eigenvalue weighted by molar-refractivity contribution is 14.1. The predicted octanol–water partition coefficient (Wildman–Crippen LogP) is 4.84. The monoisotopic (exact) mass is 456 g/mol. The van der Waals surface area contributed by atoms with Gasteiger partial charge in [-0.15, -0.1) is 0 Å². The first kappa shape index (κ1) is 15.1. The molecular formula is C12H11BrClIN2O2. The Morgan fingerprint density at radius 2 is 2.11 bits per heavy atom. The number of carbonyl (C=O) groups excluding carboxylic acids is 1. The number of benzene rings is 1. The maximum Gasteiger partial charge on any atom is 0.435 e. The van der Waals surface area contributed by atoms with Crippen molar-refractivity contribution in [3.63, 3.8) is 0 Å². The van der Waals surface area contributed by atoms with Gasteiger partial charge in [0.15, 0.2) is 0 Å². The van der Waals surface area contributed by atoms with Gasteiger partial charge in [0.2, 0.25) is 0 Å². The molecule has 0 spiro atoms. The Hall–Kier alpha value is -0.340. The van der Waals surface area contributed by atoms with Gasteiger partial charge in [-0.1, -0.05) is 11.6 Å². The zero-order valence-electron chi connectivity index (χ0n) is 10.5. The van der Waals surface area contributed by atoms with Gasteiger partial charge in [0.05, 0.1) is 10.5 Å². The van der Waals surface area contributed by atoms with Crippen LogP contribution < -0.4 is 0 Å². The number of rotatable bonds is 0. The molecule has 19 heavy (non-hydrogen) atoms. The Bertz CT molecular complexity index is 664. The highest BCUT2D eigenvalue weighted by Gasteiger charge is 2.22. The van der Waals surface area contributed by atoms with Crippen LogP contribution in [-0.2, 0) is 4.74 Å². The number of ether oxygens (including phenoxy) is 1. The van der Waals surface area contributed by atoms with Crippen LogP contribution >= 0.6 is 50.1 Å². The van der Waals surface area contributed by atoms with E-state index >= 15 is 0 Å². The van der Waals surface area contributed by atoms with E-state index in [1.807, 2.05) is 20.8 Å². The van der Waals surface area contributed by atoms with Gasteiger partial charge in [0.1, 0.15) is 9.30 Å². The number of nitrogens with zero attached hydrogens (tertiary/aromatic N) is 2. The highest BCUT2D eigenvalue weighted by atomic mass is 127. The van der Waals surface area contributed by atoms with E-state index in [2.05, 4.69) is 43.6 Å². The van der Waals surface area contributed by atoms with Crippen molar-refractivity contribution < 1.29 is 9.53 Å². The third-order valence-electron chi connectivity index (χ3n) is 2.24. The van der Waals surface area contributed by atoms with Crippen molar-refractivity contribution in [3.8, 4) is 0 Å². The van der Waals surface area contributed by atoms with Crippen LogP contribution in [0.5, 0.6) is 0 Å². The van der Waals surface area contributed by atoms with E-state index in [1.165, 1.54) is 4.68 Å². The fraction of sp³-hybridized carbons (Fsp3) is 0.333. The fourth-order valence-corrected chi connectivity index (χ4v) is 2.66. The summed E-state index contributed by atoms with van der Waals surface area (Å²) < 4.78 is 7.99. The number of aromatic nitrogens is 2. The van der Waals surface area contributed by atoms with Gasteiger partial charge < -0.3 is 4.74 Å². The summed E-state index contributed by atoms with van der Waals surface area (Å²) in [6, 6.07) is 3.54. The average Bonchev–Trinajstić information content (AvgIpc) is 2.55. The Morgan fingerprint density at radius 1 is 1.47 bits per heavy atom. The first-order valence-corrected chi connectivity index (χ1v) is 7.70. The Labute approximate surface area is 137 Å². The molecule has 4 nitrogen and oxygen atoms in total. The fourth-order valence-electron chi connectivity index (χ4n) is 1.52. The first-order valence-electron chi connectivity index (χ1n) is 5.45. The van der Waals surface area contributed by atoms with Crippen molar-refractivity contribution in [3.05, 3.63) is 25.3 Å². The van der Waals surface area contributed by atoms with Crippen molar-refractivity contribution in [1.29, 1.82) is 0 Å². The van der Waals surface area contributed by atoms with Crippen LogP contribution in [0.3, 0.4) is 0 Å². The molecule has 0 atom stereocenters. The van der Waals surface area contributed by atoms with E-state index < -0.39 is 11.7 Å². The lowest BCUT2D eigenvalue weighted by Gasteiger charge is -2.19. The molecule has 102 valence electrons. The second kappa shape index (κ2) is 5.21. The molecule has 1 aromatic carbocycles. The molecule has 7 heteroatoms. The van der Waals surface area contributed by atoms with Crippen LogP contribution in [-0.4, -0.2) is 21.5 Å². The number of hydrogen-bond donors (Lipinski definition) is 0. The molecule has 0 radical (unpaired) electrons. The molecule has 0 aliphatic carbocycles. The predicted molar refractivity (Wildman–Crippen MR) is 86.8 cm³/mol. The molecule has 2 rings (SSSR count). The topological polar surface area (TPSA) is 44.1 Å². The number of halogens is 3. The van der Waals surface area contributed by atoms with Gasteiger partial charge in [-0.2, -0.15) is 9.78 Å². The second-order valence-corrected chi connectivity index (χ2v) is 7.25. The van der Waals surface area contributed by atoms with Crippen LogP contribution in [0.15, 0.2) is 16.6 Å². The largest absolute Gasteiger partial charge is 0.442 e. The van der Waals surface area contributed by atoms with E-state index in [-0.39, 0.29) is 0 Å². The van der Waals surface area contributed by atoms with Crippen molar-refractivity contribution in [2.45, 2.75) is 26.4 Å². The van der Waals surface area contributed by atoms with Crippen LogP contribution in [0.25, 0.3) is 10.9 Å². The minimum absolute atomic E-state index is 0.505. The molecule has 0 fully saturated rings. The summed E-state index contributed by atoms with van der Waals surface area (Å²) >= 11 is 11.5. The van der Waals surface area contributed by atoms with Crippen LogP contribution in [0.1, 0.15) is 20.8 Å². The maximum atomic E-state index is 12.1. The van der Waals surface area contributed by atoms with Gasteiger partial charge in [0.25, 0.3) is 0 Å². The Balaban J connectivity index is 2.56. The normalized spacial score (nSPS) is 11.9. The molecule has 0 saturated carbocycles. The molecule has 0 N–H and O–H groups in total. The molecule has 0 aliphatic heterocycles. The van der Waals surface area contributed by atoms with Gasteiger partial charge in [-0.25, -0.2) is 4.79 Å². The van der Waals surface area contributed by atoms with Crippen molar-refractivity contribution in [2.75, 3.05) is 0 Å². The minimum Gasteiger partial charge on any atom is -0.442 e. The molecule has 0 bridgehead atoms. The van der Waals surface area contributed by atoms with Crippen molar-refractivity contribution in [2.24, 2.45) is 0 Å². The SMILES string of the molecule is CC(C)(C)OC(=O)n1nc(I)c2cc(Cl)c(Br)cc21. The summed E-state index contributed by atoms with van der Waals surface area (Å²) in [4.78, 5) is 12.1. The number of fused-ring (bicyclic) bond motifs is 1. The standard InChI is InChI=1S/C12H11BrClIN2O2/c1-12(2,3)19-11(18)17-9-5-7(13)8(14)4-6(9)10(15)16-17/h4-5H,1-3H3. The lowest BCUT2D eigenvalue weighted by Crippen LogP contribution is -2.27. The molecular weight excluding hydrogens is 446 g/mol. The van der Waals surface area contributed by atoms with E-state index in [9.17, 15) is 4.79 Å². The average molecular weight is 457 g/mol. The van der Waals surface area contributed by atoms with E-state index in [4.69, 9.17) is 16.3 Å². The molecule has 0 aliphatic rings. The summed E-state index contributed by atoms with van der Waals surface area (Å²) in [5, 5.41) is 5.60. The third-order valence-corrected chi connectivity index (χ3v) is 4.24. The highest BCUT2D eigenvalue weighted by Crippen LogP contribution is 2.31. The minimum atomic E-state index is -0.565. The lowest BCUT2D eigenvalue weighted by molar-refractivity contribution is 0.0522. The van der Waals surface area contributed by atoms with Gasteiger partial charge >= 0.3 is 6.09 Å². The summed E-state index contributed by atoms with van der Waals surface area (Å²) in [6.45, 7) is 5.44. The van der Waals surface area contributed by atoms with E-state index in [0.717, 1.165) is 5.39 Å². The third kappa shape index (κ3) is 3.22. The number of carbonyl (C=O) groups is 1. The molecule has 1 aromatic heterocycles. The second-order valence-electron chi connectivity index (χ2n) is 4.97. The molecule has 0 amide bonds. The van der Waals surface area contributed by atoms with Crippen LogP contribution in [0, 0.1) is 3.70 Å². The number of hydrogen-bond acceptors (Lipinski definition) is 3. The molecule has 2 aromatic rings. The van der Waals surface area contributed by atoms with E-state index in [1.54, 1.807) is 12.1 Å². The first-order chi connectivity index (χ1) is 8.69. The Kier molecular flexibility index (Phi) is 4.13. The Morgan fingerprint density at radius 3 is 2.68 bits per heavy atom. The zero-order valence-corrected chi connectivity index (χ0v) is 15.0. The summed E-state index contributed by atoms with van der Waals surface area (Å²) in [7, 11) is 0. The van der Waals surface area contributed by atoms with Crippen LogP contribution in [0.4, 0.5) is 4.79 Å². The lowest BCUT2D eigenvalue weighted by atomic mass is 10.2.